The quantitative estimate of drug-likeness (QED) is 0.496. The predicted molar refractivity (Wildman–Crippen MR) is 102 cm³/mol. The highest BCUT2D eigenvalue weighted by atomic mass is 79.9. The first-order valence-electron chi connectivity index (χ1n) is 7.20. The van der Waals surface area contributed by atoms with Crippen molar-refractivity contribution in [2.24, 2.45) is 0 Å². The lowest BCUT2D eigenvalue weighted by Gasteiger charge is -2.21. The van der Waals surface area contributed by atoms with Crippen LogP contribution < -0.4 is 4.74 Å². The van der Waals surface area contributed by atoms with Gasteiger partial charge in [0.15, 0.2) is 0 Å². The summed E-state index contributed by atoms with van der Waals surface area (Å²) >= 11 is 9.69. The fraction of sp³-hybridized carbons (Fsp3) is 0.625. The second kappa shape index (κ2) is 10.9. The summed E-state index contributed by atoms with van der Waals surface area (Å²) in [4.78, 5) is 2.37. The van der Waals surface area contributed by atoms with E-state index in [0.29, 0.717) is 12.5 Å². The highest BCUT2D eigenvalue weighted by Gasteiger charge is 2.11. The predicted octanol–water partition coefficient (Wildman–Crippen LogP) is 5.45. The number of likely N-dealkylation sites (N-methyl/N-ethyl adjacent to an activating group) is 1. The van der Waals surface area contributed by atoms with E-state index < -0.39 is 0 Å². The molecule has 0 N–H and O–H groups in total. The Hall–Kier alpha value is 0.230. The average molecular weight is 444 g/mol. The Kier molecular flexibility index (Phi) is 11.0. The summed E-state index contributed by atoms with van der Waals surface area (Å²) in [6, 6.07) is 4.09. The molecule has 122 valence electrons. The molecule has 2 nitrogen and oxygen atoms in total. The molecule has 1 rings (SSSR count). The molecule has 0 fully saturated rings. The fourth-order valence-electron chi connectivity index (χ4n) is 2.08. The van der Waals surface area contributed by atoms with Gasteiger partial charge in [-0.2, -0.15) is 0 Å². The maximum absolute atomic E-state index is 6.21. The molecular formula is C16H26Br2ClNO. The molecule has 0 bridgehead atoms. The monoisotopic (exact) mass is 441 g/mol. The van der Waals surface area contributed by atoms with E-state index >= 15 is 0 Å². The number of hydrogen-bond donors (Lipinski definition) is 0. The number of rotatable bonds is 8. The maximum Gasteiger partial charge on any atom is 0.123 e. The van der Waals surface area contributed by atoms with Crippen molar-refractivity contribution in [2.75, 3.05) is 31.6 Å². The first-order chi connectivity index (χ1) is 9.49. The van der Waals surface area contributed by atoms with Crippen molar-refractivity contribution < 1.29 is 4.74 Å². The molecule has 0 radical (unpaired) electrons. The largest absolute Gasteiger partial charge is 0.492 e. The smallest absolute Gasteiger partial charge is 0.123 e. The van der Waals surface area contributed by atoms with Crippen LogP contribution >= 0.6 is 44.5 Å². The lowest BCUT2D eigenvalue weighted by atomic mass is 10.0. The fourth-order valence-corrected chi connectivity index (χ4v) is 2.75. The molecule has 0 saturated heterocycles. The van der Waals surface area contributed by atoms with E-state index in [1.165, 1.54) is 5.56 Å². The third-order valence-corrected chi connectivity index (χ3v) is 4.19. The Bertz CT molecular complexity index is 427. The molecule has 0 atom stereocenters. The van der Waals surface area contributed by atoms with Crippen LogP contribution in [0.4, 0.5) is 0 Å². The molecule has 0 heterocycles. The molecule has 5 heteroatoms. The Morgan fingerprint density at radius 2 is 1.95 bits per heavy atom. The van der Waals surface area contributed by atoms with E-state index in [2.05, 4.69) is 47.7 Å². The third-order valence-electron chi connectivity index (χ3n) is 3.43. The summed E-state index contributed by atoms with van der Waals surface area (Å²) < 4.78 is 6.00. The van der Waals surface area contributed by atoms with E-state index in [-0.39, 0.29) is 17.0 Å². The van der Waals surface area contributed by atoms with E-state index in [0.717, 1.165) is 41.3 Å². The van der Waals surface area contributed by atoms with Gasteiger partial charge in [0.25, 0.3) is 0 Å². The van der Waals surface area contributed by atoms with Crippen LogP contribution in [0.1, 0.15) is 37.8 Å². The summed E-state index contributed by atoms with van der Waals surface area (Å²) in [5.74, 6) is 1.38. The summed E-state index contributed by atoms with van der Waals surface area (Å²) in [5, 5.41) is 1.81. The standard InChI is InChI=1S/C16H25BrClNO.BrH/c1-5-19(7-6-17)8-9-20-16-10-13(4)15(18)11-14(16)12(2)3;/h10-12H,5-9H2,1-4H3;1H. The highest BCUT2D eigenvalue weighted by molar-refractivity contribution is 9.09. The molecule has 21 heavy (non-hydrogen) atoms. The van der Waals surface area contributed by atoms with Crippen LogP contribution in [0.5, 0.6) is 5.75 Å². The Labute approximate surface area is 153 Å². The molecule has 0 aliphatic carbocycles. The topological polar surface area (TPSA) is 12.5 Å². The van der Waals surface area contributed by atoms with E-state index in [4.69, 9.17) is 16.3 Å². The minimum Gasteiger partial charge on any atom is -0.492 e. The van der Waals surface area contributed by atoms with E-state index in [1.807, 2.05) is 13.0 Å². The molecule has 1 aromatic rings. The number of benzene rings is 1. The van der Waals surface area contributed by atoms with Gasteiger partial charge < -0.3 is 4.74 Å². The van der Waals surface area contributed by atoms with Gasteiger partial charge >= 0.3 is 0 Å². The summed E-state index contributed by atoms with van der Waals surface area (Å²) in [7, 11) is 0. The van der Waals surface area contributed by atoms with Crippen molar-refractivity contribution >= 4 is 44.5 Å². The first kappa shape index (κ1) is 21.2. The minimum atomic E-state index is 0. The van der Waals surface area contributed by atoms with Crippen molar-refractivity contribution in [3.63, 3.8) is 0 Å². The summed E-state index contributed by atoms with van der Waals surface area (Å²) in [6.07, 6.45) is 0. The van der Waals surface area contributed by atoms with Crippen LogP contribution in [0.15, 0.2) is 12.1 Å². The average Bonchev–Trinajstić information content (AvgIpc) is 2.41. The molecule has 0 aliphatic heterocycles. The van der Waals surface area contributed by atoms with Gasteiger partial charge in [-0.05, 0) is 42.6 Å². The van der Waals surface area contributed by atoms with Crippen molar-refractivity contribution in [3.05, 3.63) is 28.3 Å². The third kappa shape index (κ3) is 6.89. The number of halogens is 3. The van der Waals surface area contributed by atoms with Crippen molar-refractivity contribution in [1.29, 1.82) is 0 Å². The van der Waals surface area contributed by atoms with Gasteiger partial charge in [-0.15, -0.1) is 17.0 Å². The zero-order valence-electron chi connectivity index (χ0n) is 13.3. The maximum atomic E-state index is 6.21. The Balaban J connectivity index is 0.00000400. The van der Waals surface area contributed by atoms with Crippen molar-refractivity contribution in [2.45, 2.75) is 33.6 Å². The van der Waals surface area contributed by atoms with Gasteiger partial charge in [0, 0.05) is 23.4 Å². The number of hydrogen-bond acceptors (Lipinski definition) is 2. The van der Waals surface area contributed by atoms with Gasteiger partial charge in [0.05, 0.1) is 0 Å². The van der Waals surface area contributed by atoms with Crippen LogP contribution in [0, 0.1) is 6.92 Å². The van der Waals surface area contributed by atoms with Crippen LogP contribution in [-0.4, -0.2) is 36.5 Å². The Morgan fingerprint density at radius 1 is 1.29 bits per heavy atom. The molecule has 1 aromatic carbocycles. The van der Waals surface area contributed by atoms with Gasteiger partial charge in [0.2, 0.25) is 0 Å². The van der Waals surface area contributed by atoms with Gasteiger partial charge in [-0.3, -0.25) is 4.90 Å². The number of nitrogens with zero attached hydrogens (tertiary/aromatic N) is 1. The minimum absolute atomic E-state index is 0. The molecule has 0 unspecified atom stereocenters. The van der Waals surface area contributed by atoms with Gasteiger partial charge in [-0.25, -0.2) is 0 Å². The number of ether oxygens (including phenoxy) is 1. The highest BCUT2D eigenvalue weighted by Crippen LogP contribution is 2.31. The SMILES string of the molecule is Br.CCN(CCBr)CCOc1cc(C)c(Cl)cc1C(C)C. The number of alkyl halides is 1. The van der Waals surface area contributed by atoms with Crippen LogP contribution in [-0.2, 0) is 0 Å². The molecule has 0 aliphatic rings. The van der Waals surface area contributed by atoms with Crippen LogP contribution in [0.2, 0.25) is 5.02 Å². The second-order valence-electron chi connectivity index (χ2n) is 5.27. The summed E-state index contributed by atoms with van der Waals surface area (Å²) in [6.45, 7) is 12.3. The zero-order valence-corrected chi connectivity index (χ0v) is 17.3. The van der Waals surface area contributed by atoms with E-state index in [9.17, 15) is 0 Å². The molecule has 0 spiro atoms. The number of aryl methyl sites for hydroxylation is 1. The van der Waals surface area contributed by atoms with E-state index in [1.54, 1.807) is 0 Å². The summed E-state index contributed by atoms with van der Waals surface area (Å²) in [5.41, 5.74) is 2.25. The Morgan fingerprint density at radius 3 is 2.48 bits per heavy atom. The first-order valence-corrected chi connectivity index (χ1v) is 8.70. The van der Waals surface area contributed by atoms with Crippen molar-refractivity contribution in [1.82, 2.24) is 4.90 Å². The second-order valence-corrected chi connectivity index (χ2v) is 6.47. The molecular weight excluding hydrogens is 417 g/mol. The molecule has 0 amide bonds. The van der Waals surface area contributed by atoms with Gasteiger partial charge in [-0.1, -0.05) is 48.3 Å². The van der Waals surface area contributed by atoms with Crippen LogP contribution in [0.3, 0.4) is 0 Å². The van der Waals surface area contributed by atoms with Crippen molar-refractivity contribution in [3.8, 4) is 5.75 Å². The molecule has 0 saturated carbocycles. The van der Waals surface area contributed by atoms with Gasteiger partial charge in [0.1, 0.15) is 12.4 Å². The zero-order chi connectivity index (χ0) is 15.1. The lowest BCUT2D eigenvalue weighted by Crippen LogP contribution is -2.30. The lowest BCUT2D eigenvalue weighted by molar-refractivity contribution is 0.222. The van der Waals surface area contributed by atoms with Crippen LogP contribution in [0.25, 0.3) is 0 Å². The normalized spacial score (nSPS) is 10.9. The molecule has 0 aromatic heterocycles.